The Labute approximate surface area is 171 Å². The van der Waals surface area contributed by atoms with Gasteiger partial charge in [-0.1, -0.05) is 65.8 Å². The highest BCUT2D eigenvalue weighted by molar-refractivity contribution is 7.00. The van der Waals surface area contributed by atoms with Crippen molar-refractivity contribution < 1.29 is 4.63 Å². The summed E-state index contributed by atoms with van der Waals surface area (Å²) in [7, 11) is 0. The van der Waals surface area contributed by atoms with Crippen LogP contribution in [0.15, 0.2) is 28.9 Å². The molecule has 28 heavy (non-hydrogen) atoms. The molecule has 0 amide bonds. The average molecular weight is 399 g/mol. The molecule has 0 fully saturated rings. The molecule has 0 N–H and O–H groups in total. The molecular formula is C22H30N4OS. The van der Waals surface area contributed by atoms with Crippen LogP contribution in [-0.2, 0) is 0 Å². The molecule has 0 aliphatic heterocycles. The summed E-state index contributed by atoms with van der Waals surface area (Å²) < 4.78 is 13.3. The molecule has 0 radical (unpaired) electrons. The predicted octanol–water partition coefficient (Wildman–Crippen LogP) is 6.80. The van der Waals surface area contributed by atoms with E-state index in [2.05, 4.69) is 84.9 Å². The highest BCUT2D eigenvalue weighted by Crippen LogP contribution is 2.29. The predicted molar refractivity (Wildman–Crippen MR) is 118 cm³/mol. The molecule has 2 heterocycles. The van der Waals surface area contributed by atoms with Crippen LogP contribution in [0.2, 0.25) is 0 Å². The van der Waals surface area contributed by atoms with E-state index in [4.69, 9.17) is 4.63 Å². The van der Waals surface area contributed by atoms with Crippen LogP contribution in [0.5, 0.6) is 0 Å². The van der Waals surface area contributed by atoms with Crippen LogP contribution in [0.1, 0.15) is 75.6 Å². The first-order valence-electron chi connectivity index (χ1n) is 9.83. The van der Waals surface area contributed by atoms with Crippen molar-refractivity contribution in [2.24, 2.45) is 0 Å². The molecular weight excluding hydrogens is 368 g/mol. The Bertz CT molecular complexity index is 956. The lowest BCUT2D eigenvalue weighted by Crippen LogP contribution is -1.94. The van der Waals surface area contributed by atoms with E-state index in [1.54, 1.807) is 0 Å². The smallest absolute Gasteiger partial charge is 0.138 e. The topological polar surface area (TPSA) is 64.7 Å². The van der Waals surface area contributed by atoms with Gasteiger partial charge in [0.1, 0.15) is 22.1 Å². The van der Waals surface area contributed by atoms with E-state index >= 15 is 0 Å². The van der Waals surface area contributed by atoms with Gasteiger partial charge in [0, 0.05) is 0 Å². The summed E-state index contributed by atoms with van der Waals surface area (Å²) in [6.45, 7) is 16.7. The van der Waals surface area contributed by atoms with Gasteiger partial charge in [0.05, 0.1) is 11.7 Å². The fourth-order valence-corrected chi connectivity index (χ4v) is 3.62. The van der Waals surface area contributed by atoms with E-state index in [1.807, 2.05) is 13.8 Å². The molecule has 0 aliphatic rings. The minimum absolute atomic E-state index is 0.445. The first kappa shape index (κ1) is 22.0. The van der Waals surface area contributed by atoms with E-state index < -0.39 is 0 Å². The standard InChI is InChI=1S/C12H16N2O.C8H8N2S.C2H6/c1-7(2)9-5-6-10(8(3)4)12-11(9)13-15-14-12;1-5-3-4-6(2)8-7(5)9-11-10-8;1-2/h5-8H,1-4H3;3-4H,1-2H3;1-2H3. The lowest BCUT2D eigenvalue weighted by atomic mass is 9.95. The maximum Gasteiger partial charge on any atom is 0.138 e. The van der Waals surface area contributed by atoms with E-state index in [9.17, 15) is 0 Å². The maximum atomic E-state index is 4.85. The van der Waals surface area contributed by atoms with E-state index in [0.29, 0.717) is 11.8 Å². The van der Waals surface area contributed by atoms with Gasteiger partial charge in [0.25, 0.3) is 0 Å². The zero-order valence-corrected chi connectivity index (χ0v) is 18.9. The average Bonchev–Trinajstić information content (AvgIpc) is 3.36. The Hall–Kier alpha value is -2.34. The van der Waals surface area contributed by atoms with Gasteiger partial charge in [-0.25, -0.2) is 4.63 Å². The summed E-state index contributed by atoms with van der Waals surface area (Å²) in [5.74, 6) is 0.890. The van der Waals surface area contributed by atoms with Crippen LogP contribution in [0.4, 0.5) is 0 Å². The number of nitrogens with zero attached hydrogens (tertiary/aromatic N) is 4. The molecule has 6 heteroatoms. The van der Waals surface area contributed by atoms with Gasteiger partial charge in [0.15, 0.2) is 0 Å². The third-order valence-electron chi connectivity index (χ3n) is 4.54. The number of fused-ring (bicyclic) bond motifs is 2. The molecule has 0 saturated carbocycles. The Morgan fingerprint density at radius 2 is 1.07 bits per heavy atom. The van der Waals surface area contributed by atoms with Gasteiger partial charge in [-0.3, -0.25) is 0 Å². The monoisotopic (exact) mass is 398 g/mol. The van der Waals surface area contributed by atoms with Gasteiger partial charge >= 0.3 is 0 Å². The summed E-state index contributed by atoms with van der Waals surface area (Å²) in [4.78, 5) is 0. The van der Waals surface area contributed by atoms with Crippen molar-refractivity contribution in [1.29, 1.82) is 0 Å². The molecule has 4 rings (SSSR count). The van der Waals surface area contributed by atoms with Crippen molar-refractivity contribution in [3.8, 4) is 0 Å². The summed E-state index contributed by atoms with van der Waals surface area (Å²) in [6, 6.07) is 8.43. The number of aryl methyl sites for hydroxylation is 2. The van der Waals surface area contributed by atoms with Gasteiger partial charge in [-0.2, -0.15) is 8.75 Å². The van der Waals surface area contributed by atoms with Gasteiger partial charge in [-0.15, -0.1) is 0 Å². The van der Waals surface area contributed by atoms with Crippen molar-refractivity contribution in [2.75, 3.05) is 0 Å². The number of benzene rings is 2. The summed E-state index contributed by atoms with van der Waals surface area (Å²) >= 11 is 1.28. The van der Waals surface area contributed by atoms with Crippen molar-refractivity contribution >= 4 is 33.8 Å². The van der Waals surface area contributed by atoms with Gasteiger partial charge < -0.3 is 0 Å². The van der Waals surface area contributed by atoms with Crippen molar-refractivity contribution in [3.05, 3.63) is 46.5 Å². The first-order chi connectivity index (χ1) is 13.4. The molecule has 0 atom stereocenters. The number of rotatable bonds is 2. The molecule has 0 spiro atoms. The van der Waals surface area contributed by atoms with Gasteiger partial charge in [-0.05, 0) is 58.3 Å². The largest absolute Gasteiger partial charge is 0.243 e. The van der Waals surface area contributed by atoms with E-state index in [1.165, 1.54) is 34.0 Å². The second kappa shape index (κ2) is 9.73. The Balaban J connectivity index is 0.000000191. The van der Waals surface area contributed by atoms with Crippen molar-refractivity contribution in [1.82, 2.24) is 19.1 Å². The quantitative estimate of drug-likeness (QED) is 0.371. The maximum absolute atomic E-state index is 4.85. The van der Waals surface area contributed by atoms with Crippen LogP contribution in [0, 0.1) is 13.8 Å². The first-order valence-corrected chi connectivity index (χ1v) is 10.6. The Morgan fingerprint density at radius 1 is 0.679 bits per heavy atom. The highest BCUT2D eigenvalue weighted by Gasteiger charge is 2.15. The Kier molecular flexibility index (Phi) is 7.63. The van der Waals surface area contributed by atoms with Crippen LogP contribution < -0.4 is 0 Å². The highest BCUT2D eigenvalue weighted by atomic mass is 32.1. The lowest BCUT2D eigenvalue weighted by molar-refractivity contribution is 0.315. The molecule has 0 aliphatic carbocycles. The molecule has 0 unspecified atom stereocenters. The van der Waals surface area contributed by atoms with E-state index in [0.717, 1.165) is 22.1 Å². The molecule has 5 nitrogen and oxygen atoms in total. The third kappa shape index (κ3) is 4.55. The molecule has 2 aromatic carbocycles. The lowest BCUT2D eigenvalue weighted by Gasteiger charge is -2.09. The number of hydrogen-bond acceptors (Lipinski definition) is 6. The fourth-order valence-electron chi connectivity index (χ4n) is 2.95. The SMILES string of the molecule is CC.CC(C)c1ccc(C(C)C)c2nonc12.Cc1ccc(C)c2nsnc12. The molecule has 0 bridgehead atoms. The zero-order valence-electron chi connectivity index (χ0n) is 18.1. The minimum atomic E-state index is 0.445. The molecule has 4 aromatic rings. The van der Waals surface area contributed by atoms with Crippen molar-refractivity contribution in [3.63, 3.8) is 0 Å². The van der Waals surface area contributed by atoms with Gasteiger partial charge in [0.2, 0.25) is 0 Å². The number of aromatic nitrogens is 4. The molecule has 0 saturated heterocycles. The van der Waals surface area contributed by atoms with Crippen LogP contribution in [0.25, 0.3) is 22.1 Å². The van der Waals surface area contributed by atoms with Crippen molar-refractivity contribution in [2.45, 2.75) is 67.2 Å². The minimum Gasteiger partial charge on any atom is -0.243 e. The number of hydrogen-bond donors (Lipinski definition) is 0. The zero-order chi connectivity index (χ0) is 20.8. The molecule has 150 valence electrons. The van der Waals surface area contributed by atoms with Crippen LogP contribution in [0.3, 0.4) is 0 Å². The third-order valence-corrected chi connectivity index (χ3v) is 5.07. The normalized spacial score (nSPS) is 10.8. The molecule has 2 aromatic heterocycles. The summed E-state index contributed by atoms with van der Waals surface area (Å²) in [5.41, 5.74) is 8.75. The summed E-state index contributed by atoms with van der Waals surface area (Å²) in [6.07, 6.45) is 0. The van der Waals surface area contributed by atoms with Crippen LogP contribution >= 0.6 is 11.7 Å². The fraction of sp³-hybridized carbons (Fsp3) is 0.455. The second-order valence-electron chi connectivity index (χ2n) is 7.18. The second-order valence-corrected chi connectivity index (χ2v) is 7.70. The summed E-state index contributed by atoms with van der Waals surface area (Å²) in [5, 5.41) is 7.99. The van der Waals surface area contributed by atoms with Crippen LogP contribution in [-0.4, -0.2) is 19.1 Å². The van der Waals surface area contributed by atoms with E-state index in [-0.39, 0.29) is 0 Å². The Morgan fingerprint density at radius 3 is 1.43 bits per heavy atom.